The molecule has 15 nitrogen and oxygen atoms in total. The topological polar surface area (TPSA) is 200 Å². The van der Waals surface area contributed by atoms with Crippen molar-refractivity contribution in [2.45, 2.75) is 45.2 Å². The number of nitrogens with zero attached hydrogens (tertiary/aromatic N) is 7. The number of sulfonamides is 1. The largest absolute Gasteiger partial charge is 0.493 e. The predicted octanol–water partition coefficient (Wildman–Crippen LogP) is 3.79. The number of H-pyrrole nitrogens is 1. The van der Waals surface area contributed by atoms with Crippen molar-refractivity contribution < 1.29 is 31.8 Å². The van der Waals surface area contributed by atoms with Crippen LogP contribution < -0.4 is 18.9 Å². The van der Waals surface area contributed by atoms with Crippen LogP contribution in [0.5, 0.6) is 23.1 Å². The molecular formula is C29H31N9O6S. The Balaban J connectivity index is 1.81. The molecule has 3 N–H and O–H groups in total. The molecule has 4 heterocycles. The minimum absolute atomic E-state index is 0.137. The van der Waals surface area contributed by atoms with Gasteiger partial charge in [0.25, 0.3) is 15.9 Å². The number of hydrogen-bond acceptors (Lipinski definition) is 13. The van der Waals surface area contributed by atoms with Gasteiger partial charge in [0.15, 0.2) is 28.2 Å². The third-order valence-electron chi connectivity index (χ3n) is 6.02. The highest BCUT2D eigenvalue weighted by atomic mass is 32.2. The normalized spacial score (nSPS) is 12.6. The fraction of sp³-hybridized carbons (Fsp3) is 0.276. The van der Waals surface area contributed by atoms with Crippen molar-refractivity contribution in [3.05, 3.63) is 65.4 Å². The third kappa shape index (κ3) is 7.13. The number of aromatic amines is 1. The summed E-state index contributed by atoms with van der Waals surface area (Å²) >= 11 is 0. The maximum absolute atomic E-state index is 13.9. The van der Waals surface area contributed by atoms with Crippen LogP contribution in [0.2, 0.25) is 0 Å². The van der Waals surface area contributed by atoms with E-state index in [0.717, 1.165) is 5.56 Å². The van der Waals surface area contributed by atoms with E-state index in [1.807, 2.05) is 0 Å². The second-order valence-electron chi connectivity index (χ2n) is 10.5. The molecule has 0 atom stereocenters. The van der Waals surface area contributed by atoms with Crippen LogP contribution in [0.25, 0.3) is 22.9 Å². The highest BCUT2D eigenvalue weighted by molar-refractivity contribution is 7.92. The molecule has 45 heavy (non-hydrogen) atoms. The fourth-order valence-corrected chi connectivity index (χ4v) is 5.19. The Bertz CT molecular complexity index is 2110. The summed E-state index contributed by atoms with van der Waals surface area (Å²) in [5.74, 6) is -1.26. The van der Waals surface area contributed by atoms with Crippen LogP contribution in [0.4, 0.5) is 5.82 Å². The molecule has 0 bridgehead atoms. The minimum atomic E-state index is -4.48. The minimum Gasteiger partial charge on any atom is -0.493 e. The molecule has 0 fully saturated rings. The summed E-state index contributed by atoms with van der Waals surface area (Å²) in [6.45, 7) is 7.68. The zero-order valence-corrected chi connectivity index (χ0v) is 25.9. The van der Waals surface area contributed by atoms with Gasteiger partial charge in [-0.25, -0.2) is 9.97 Å². The van der Waals surface area contributed by atoms with Gasteiger partial charge in [0.1, 0.15) is 12.3 Å². The first kappa shape index (κ1) is 27.3. The molecule has 5 rings (SSSR count). The Labute approximate surface area is 263 Å². The molecule has 234 valence electrons. The molecule has 4 aromatic heterocycles. The molecule has 0 saturated heterocycles. The van der Waals surface area contributed by atoms with Gasteiger partial charge in [0.05, 0.1) is 16.8 Å². The smallest absolute Gasteiger partial charge is 0.280 e. The van der Waals surface area contributed by atoms with E-state index in [-0.39, 0.29) is 51.8 Å². The number of ether oxygens (including phenoxy) is 3. The summed E-state index contributed by atoms with van der Waals surface area (Å²) in [5.41, 5.74) is -0.263. The second kappa shape index (κ2) is 12.4. The molecular weight excluding hydrogens is 602 g/mol. The van der Waals surface area contributed by atoms with Crippen molar-refractivity contribution in [2.75, 3.05) is 18.4 Å². The first-order valence-electron chi connectivity index (χ1n) is 14.9. The molecule has 0 aliphatic heterocycles. The van der Waals surface area contributed by atoms with Crippen LogP contribution in [-0.2, 0) is 10.0 Å². The summed E-state index contributed by atoms with van der Waals surface area (Å²) in [7, 11) is -3.05. The lowest BCUT2D eigenvalue weighted by Crippen LogP contribution is -2.28. The number of tetrazole rings is 1. The second-order valence-corrected chi connectivity index (χ2v) is 12.1. The lowest BCUT2D eigenvalue weighted by molar-refractivity contribution is 0.0260. The molecule has 0 unspecified atom stereocenters. The maximum atomic E-state index is 13.9. The van der Waals surface area contributed by atoms with E-state index < -0.39 is 45.5 Å². The van der Waals surface area contributed by atoms with E-state index in [0.29, 0.717) is 11.1 Å². The van der Waals surface area contributed by atoms with Gasteiger partial charge >= 0.3 is 0 Å². The van der Waals surface area contributed by atoms with Crippen LogP contribution in [0.15, 0.2) is 53.7 Å². The van der Waals surface area contributed by atoms with E-state index in [1.165, 1.54) is 27.2 Å². The Morgan fingerprint density at radius 2 is 1.89 bits per heavy atom. The molecule has 0 amide bonds. The van der Waals surface area contributed by atoms with Crippen LogP contribution in [0.3, 0.4) is 0 Å². The van der Waals surface area contributed by atoms with Gasteiger partial charge in [0, 0.05) is 17.9 Å². The van der Waals surface area contributed by atoms with Gasteiger partial charge in [-0.1, -0.05) is 18.2 Å². The quantitative estimate of drug-likeness (QED) is 0.189. The summed E-state index contributed by atoms with van der Waals surface area (Å²) in [5, 5.41) is 23.6. The number of methoxy groups -OCH3 is 1. The van der Waals surface area contributed by atoms with Crippen molar-refractivity contribution in [2.24, 2.45) is 0 Å². The fourth-order valence-electron chi connectivity index (χ4n) is 4.02. The number of pyridine rings is 2. The number of anilines is 1. The Morgan fingerprint density at radius 1 is 1.09 bits per heavy atom. The van der Waals surface area contributed by atoms with Crippen molar-refractivity contribution in [1.82, 2.24) is 40.6 Å². The molecule has 0 aliphatic rings. The monoisotopic (exact) mass is 636 g/mol. The van der Waals surface area contributed by atoms with Gasteiger partial charge in [-0.2, -0.15) is 18.6 Å². The van der Waals surface area contributed by atoms with E-state index >= 15 is 0 Å². The van der Waals surface area contributed by atoms with E-state index in [9.17, 15) is 13.5 Å². The number of aryl methyl sites for hydroxylation is 3. The van der Waals surface area contributed by atoms with Crippen LogP contribution in [0, 0.1) is 20.8 Å². The standard InChI is InChI=1S/C29H31N9O6S/c1-16-12-18(3)28(31-14-16)45(40,41)36-26-23(44-22-17(2)8-7-9-21(22)42-6)27(43-15-29(4,5)39)33-24(32-26)19-10-11-30-20(13-19)25-34-37-38-35-25/h7-14,39H,15H2,1-6H3,(H,32,33,36)(H,34,35,37,38)/i10D,11D,13D. The molecule has 0 spiro atoms. The Hall–Kier alpha value is -5.22. The zero-order valence-electron chi connectivity index (χ0n) is 28.1. The van der Waals surface area contributed by atoms with Crippen molar-refractivity contribution >= 4 is 15.8 Å². The molecule has 16 heteroatoms. The molecule has 0 saturated carbocycles. The van der Waals surface area contributed by atoms with Crippen LogP contribution in [0.1, 0.15) is 34.7 Å². The van der Waals surface area contributed by atoms with E-state index in [4.69, 9.17) is 18.3 Å². The third-order valence-corrected chi connectivity index (χ3v) is 7.42. The van der Waals surface area contributed by atoms with Crippen LogP contribution >= 0.6 is 0 Å². The average Bonchev–Trinajstić information content (AvgIpc) is 3.54. The number of benzene rings is 1. The SMILES string of the molecule is [2H]c1nc(-c2nn[nH]n2)c([2H])c(-c2nc(NS(=O)(=O)c3ncc(C)cc3C)c(Oc3c(C)cccc3OC)c(OCC(C)(C)O)n2)c1[2H]. The van der Waals surface area contributed by atoms with Gasteiger partial charge < -0.3 is 19.3 Å². The van der Waals surface area contributed by atoms with Gasteiger partial charge in [-0.3, -0.25) is 9.71 Å². The Kier molecular flexibility index (Phi) is 7.54. The van der Waals surface area contributed by atoms with E-state index in [1.54, 1.807) is 45.0 Å². The first-order valence-corrected chi connectivity index (χ1v) is 14.8. The number of rotatable bonds is 11. The number of para-hydroxylation sites is 1. The molecule has 5 aromatic rings. The number of nitrogens with one attached hydrogen (secondary N) is 2. The summed E-state index contributed by atoms with van der Waals surface area (Å²) in [6.07, 6.45) is 0.820. The lowest BCUT2D eigenvalue weighted by Gasteiger charge is -2.22. The number of aromatic nitrogens is 8. The number of hydrogen-bond donors (Lipinski definition) is 3. The van der Waals surface area contributed by atoms with E-state index in [2.05, 4.69) is 45.3 Å². The predicted molar refractivity (Wildman–Crippen MR) is 163 cm³/mol. The molecule has 0 radical (unpaired) electrons. The maximum Gasteiger partial charge on any atom is 0.280 e. The van der Waals surface area contributed by atoms with Gasteiger partial charge in [-0.15, -0.1) is 10.2 Å². The molecule has 1 aromatic carbocycles. The highest BCUT2D eigenvalue weighted by Gasteiger charge is 2.28. The summed E-state index contributed by atoms with van der Waals surface area (Å²) in [4.78, 5) is 16.9. The van der Waals surface area contributed by atoms with Crippen molar-refractivity contribution in [1.29, 1.82) is 0 Å². The first-order chi connectivity index (χ1) is 22.6. The highest BCUT2D eigenvalue weighted by Crippen LogP contribution is 2.43. The number of aliphatic hydroxyl groups is 1. The summed E-state index contributed by atoms with van der Waals surface area (Å²) in [6, 6.07) is 5.73. The lowest BCUT2D eigenvalue weighted by atomic mass is 10.2. The average molecular weight is 637 g/mol. The van der Waals surface area contributed by atoms with Crippen molar-refractivity contribution in [3.8, 4) is 46.0 Å². The summed E-state index contributed by atoms with van der Waals surface area (Å²) < 4.78 is 73.6. The van der Waals surface area contributed by atoms with Crippen molar-refractivity contribution in [3.63, 3.8) is 0 Å². The Morgan fingerprint density at radius 3 is 2.58 bits per heavy atom. The van der Waals surface area contributed by atoms with Gasteiger partial charge in [-0.05, 0) is 74.7 Å². The zero-order chi connectivity index (χ0) is 35.0. The molecule has 0 aliphatic carbocycles. The van der Waals surface area contributed by atoms with Gasteiger partial charge in [0.2, 0.25) is 11.6 Å². The van der Waals surface area contributed by atoms with Crippen LogP contribution in [-0.4, -0.2) is 73.4 Å².